The maximum absolute atomic E-state index is 13.4. The first-order valence-electron chi connectivity index (χ1n) is 10.2. The first-order chi connectivity index (χ1) is 11.9. The van der Waals surface area contributed by atoms with Crippen molar-refractivity contribution >= 4 is 5.97 Å². The predicted octanol–water partition coefficient (Wildman–Crippen LogP) is 6.06. The molecule has 0 saturated heterocycles. The average Bonchev–Trinajstić information content (AvgIpc) is 2.53. The third kappa shape index (κ3) is 2.92. The van der Waals surface area contributed by atoms with E-state index in [9.17, 15) is 4.79 Å². The molecule has 4 aliphatic carbocycles. The van der Waals surface area contributed by atoms with Crippen molar-refractivity contribution in [2.24, 2.45) is 23.2 Å². The molecular formula is C23H32O2. The largest absolute Gasteiger partial charge is 0.426 e. The van der Waals surface area contributed by atoms with E-state index in [1.165, 1.54) is 30.4 Å². The number of esters is 1. The van der Waals surface area contributed by atoms with E-state index in [4.69, 9.17) is 4.74 Å². The Balaban J connectivity index is 1.65. The van der Waals surface area contributed by atoms with Gasteiger partial charge in [0.1, 0.15) is 5.75 Å². The van der Waals surface area contributed by atoms with Crippen LogP contribution in [0.2, 0.25) is 0 Å². The Hall–Kier alpha value is -1.31. The molecule has 4 aliphatic rings. The van der Waals surface area contributed by atoms with Gasteiger partial charge in [0, 0.05) is 0 Å². The maximum atomic E-state index is 13.4. The minimum absolute atomic E-state index is 0.0709. The molecule has 0 atom stereocenters. The van der Waals surface area contributed by atoms with Crippen LogP contribution in [0.1, 0.15) is 89.2 Å². The van der Waals surface area contributed by atoms with Crippen LogP contribution in [-0.2, 0) is 4.79 Å². The summed E-state index contributed by atoms with van der Waals surface area (Å²) in [5.74, 6) is 3.95. The molecule has 4 bridgehead atoms. The lowest BCUT2D eigenvalue weighted by molar-refractivity contribution is -0.161. The molecule has 5 rings (SSSR count). The molecule has 0 aromatic heterocycles. The Labute approximate surface area is 152 Å². The standard InChI is InChI=1S/C23H32O2/c1-14(2)19-6-5-7-20(15(3)4)21(19)25-22(24)23-11-16-8-17(12-23)10-18(9-16)13-23/h5-7,14-18H,8-13H2,1-4H3. The number of para-hydroxylation sites is 1. The van der Waals surface area contributed by atoms with Gasteiger partial charge in [-0.15, -0.1) is 0 Å². The highest BCUT2D eigenvalue weighted by atomic mass is 16.5. The van der Waals surface area contributed by atoms with Gasteiger partial charge in [-0.2, -0.15) is 0 Å². The van der Waals surface area contributed by atoms with E-state index >= 15 is 0 Å². The Morgan fingerprint density at radius 2 is 1.36 bits per heavy atom. The maximum Gasteiger partial charge on any atom is 0.317 e. The topological polar surface area (TPSA) is 26.3 Å². The van der Waals surface area contributed by atoms with E-state index in [1.807, 2.05) is 0 Å². The van der Waals surface area contributed by atoms with Crippen molar-refractivity contribution in [3.63, 3.8) is 0 Å². The number of hydrogen-bond acceptors (Lipinski definition) is 2. The minimum atomic E-state index is -0.187. The van der Waals surface area contributed by atoms with Crippen molar-refractivity contribution in [2.45, 2.75) is 78.1 Å². The fraction of sp³-hybridized carbons (Fsp3) is 0.696. The Morgan fingerprint density at radius 1 is 0.920 bits per heavy atom. The summed E-state index contributed by atoms with van der Waals surface area (Å²) in [5.41, 5.74) is 2.15. The second kappa shape index (κ2) is 6.14. The first kappa shape index (κ1) is 17.1. The molecule has 0 unspecified atom stereocenters. The second-order valence-corrected chi connectivity index (χ2v) is 9.66. The molecule has 0 spiro atoms. The van der Waals surface area contributed by atoms with Crippen LogP contribution >= 0.6 is 0 Å². The smallest absolute Gasteiger partial charge is 0.317 e. The van der Waals surface area contributed by atoms with Crippen LogP contribution in [0.5, 0.6) is 5.75 Å². The zero-order valence-electron chi connectivity index (χ0n) is 16.2. The lowest BCUT2D eigenvalue weighted by Crippen LogP contribution is -2.51. The summed E-state index contributed by atoms with van der Waals surface area (Å²) >= 11 is 0. The quantitative estimate of drug-likeness (QED) is 0.492. The van der Waals surface area contributed by atoms with Gasteiger partial charge < -0.3 is 4.74 Å². The molecule has 4 fully saturated rings. The van der Waals surface area contributed by atoms with Gasteiger partial charge in [-0.3, -0.25) is 4.79 Å². The zero-order chi connectivity index (χ0) is 17.8. The number of benzene rings is 1. The van der Waals surface area contributed by atoms with Gasteiger partial charge in [0.2, 0.25) is 0 Å². The molecule has 25 heavy (non-hydrogen) atoms. The highest BCUT2D eigenvalue weighted by Crippen LogP contribution is 2.60. The first-order valence-corrected chi connectivity index (χ1v) is 10.2. The SMILES string of the molecule is CC(C)c1cccc(C(C)C)c1OC(=O)C12CC3CC(CC(C3)C1)C2. The lowest BCUT2D eigenvalue weighted by Gasteiger charge is -2.55. The fourth-order valence-electron chi connectivity index (χ4n) is 6.16. The molecular weight excluding hydrogens is 308 g/mol. The summed E-state index contributed by atoms with van der Waals surface area (Å²) in [6, 6.07) is 6.35. The van der Waals surface area contributed by atoms with Crippen LogP contribution in [0.25, 0.3) is 0 Å². The molecule has 1 aromatic carbocycles. The van der Waals surface area contributed by atoms with Crippen LogP contribution in [-0.4, -0.2) is 5.97 Å². The van der Waals surface area contributed by atoms with Gasteiger partial charge in [-0.1, -0.05) is 45.9 Å². The van der Waals surface area contributed by atoms with E-state index in [2.05, 4.69) is 45.9 Å². The van der Waals surface area contributed by atoms with E-state index in [-0.39, 0.29) is 11.4 Å². The number of hydrogen-bond donors (Lipinski definition) is 0. The monoisotopic (exact) mass is 340 g/mol. The second-order valence-electron chi connectivity index (χ2n) is 9.66. The summed E-state index contributed by atoms with van der Waals surface area (Å²) in [7, 11) is 0. The van der Waals surface area contributed by atoms with Crippen molar-refractivity contribution in [2.75, 3.05) is 0 Å². The van der Waals surface area contributed by atoms with Crippen molar-refractivity contribution in [1.29, 1.82) is 0 Å². The van der Waals surface area contributed by atoms with Crippen LogP contribution < -0.4 is 4.74 Å². The lowest BCUT2D eigenvalue weighted by atomic mass is 9.49. The van der Waals surface area contributed by atoms with E-state index in [0.29, 0.717) is 11.8 Å². The fourth-order valence-corrected chi connectivity index (χ4v) is 6.16. The van der Waals surface area contributed by atoms with Gasteiger partial charge in [0.15, 0.2) is 0 Å². The van der Waals surface area contributed by atoms with Crippen LogP contribution in [0, 0.1) is 23.2 Å². The summed E-state index contributed by atoms with van der Waals surface area (Å²) in [5, 5.41) is 0. The average molecular weight is 341 g/mol. The van der Waals surface area contributed by atoms with Crippen LogP contribution in [0.4, 0.5) is 0 Å². The van der Waals surface area contributed by atoms with Gasteiger partial charge >= 0.3 is 5.97 Å². The summed E-state index contributed by atoms with van der Waals surface area (Å²) in [6.45, 7) is 8.73. The van der Waals surface area contributed by atoms with Crippen molar-refractivity contribution < 1.29 is 9.53 Å². The van der Waals surface area contributed by atoms with E-state index in [1.54, 1.807) is 0 Å². The zero-order valence-corrected chi connectivity index (χ0v) is 16.2. The molecule has 0 radical (unpaired) electrons. The van der Waals surface area contributed by atoms with Crippen molar-refractivity contribution in [1.82, 2.24) is 0 Å². The Bertz CT molecular complexity index is 609. The Morgan fingerprint density at radius 3 is 1.76 bits per heavy atom. The molecule has 2 nitrogen and oxygen atoms in total. The van der Waals surface area contributed by atoms with Gasteiger partial charge in [-0.05, 0) is 79.2 Å². The molecule has 1 aromatic rings. The molecule has 0 N–H and O–H groups in total. The third-order valence-corrected chi connectivity index (χ3v) is 6.99. The molecule has 0 aliphatic heterocycles. The third-order valence-electron chi connectivity index (χ3n) is 6.99. The number of carbonyl (C=O) groups is 1. The van der Waals surface area contributed by atoms with Gasteiger partial charge in [0.05, 0.1) is 5.41 Å². The molecule has 136 valence electrons. The van der Waals surface area contributed by atoms with Crippen LogP contribution in [0.15, 0.2) is 18.2 Å². The molecule has 4 saturated carbocycles. The number of carbonyl (C=O) groups excluding carboxylic acids is 1. The van der Waals surface area contributed by atoms with Crippen LogP contribution in [0.3, 0.4) is 0 Å². The normalized spacial score (nSPS) is 33.3. The highest BCUT2D eigenvalue weighted by molar-refractivity contribution is 5.80. The number of rotatable bonds is 4. The van der Waals surface area contributed by atoms with Gasteiger partial charge in [0.25, 0.3) is 0 Å². The van der Waals surface area contributed by atoms with E-state index < -0.39 is 0 Å². The summed E-state index contributed by atoms with van der Waals surface area (Å²) in [6.07, 6.45) is 7.27. The molecule has 0 amide bonds. The number of ether oxygens (including phenoxy) is 1. The van der Waals surface area contributed by atoms with E-state index in [0.717, 1.165) is 42.8 Å². The highest BCUT2D eigenvalue weighted by Gasteiger charge is 2.55. The van der Waals surface area contributed by atoms with Crippen molar-refractivity contribution in [3.8, 4) is 5.75 Å². The predicted molar refractivity (Wildman–Crippen MR) is 101 cm³/mol. The summed E-state index contributed by atoms with van der Waals surface area (Å²) < 4.78 is 6.25. The summed E-state index contributed by atoms with van der Waals surface area (Å²) in [4.78, 5) is 13.4. The Kier molecular flexibility index (Phi) is 4.21. The molecule has 0 heterocycles. The minimum Gasteiger partial charge on any atom is -0.426 e. The van der Waals surface area contributed by atoms with Gasteiger partial charge in [-0.25, -0.2) is 0 Å². The van der Waals surface area contributed by atoms with Crippen molar-refractivity contribution in [3.05, 3.63) is 29.3 Å². The molecule has 2 heteroatoms.